The molecule has 94 valence electrons. The van der Waals surface area contributed by atoms with Gasteiger partial charge in [-0.2, -0.15) is 21.0 Å². The van der Waals surface area contributed by atoms with Crippen molar-refractivity contribution in [2.24, 2.45) is 4.15 Å². The van der Waals surface area contributed by atoms with E-state index in [4.69, 9.17) is 0 Å². The van der Waals surface area contributed by atoms with Crippen molar-refractivity contribution in [3.8, 4) is 12.3 Å². The van der Waals surface area contributed by atoms with E-state index in [0.29, 0.717) is 4.49 Å². The molecular formula is C3H4F3N2O5PS2. The van der Waals surface area contributed by atoms with Crippen LogP contribution in [0.2, 0.25) is 0 Å². The normalized spacial score (nSPS) is 16.1. The van der Waals surface area contributed by atoms with Gasteiger partial charge in [0.2, 0.25) is 0 Å². The third kappa shape index (κ3) is 7.66. The third-order valence-electron chi connectivity index (χ3n) is 0.743. The number of hydrogen-bond acceptors (Lipinski definition) is 5. The Labute approximate surface area is 90.0 Å². The highest BCUT2D eigenvalue weighted by Crippen LogP contribution is 2.50. The largest absolute Gasteiger partial charge is 0.422 e. The molecule has 13 heteroatoms. The van der Waals surface area contributed by atoms with Gasteiger partial charge in [-0.1, -0.05) is 17.8 Å². The second kappa shape index (κ2) is 5.15. The highest BCUT2D eigenvalue weighted by molar-refractivity contribution is 7.94. The first-order valence-corrected chi connectivity index (χ1v) is 7.34. The molecule has 0 spiro atoms. The first-order valence-electron chi connectivity index (χ1n) is 3.07. The summed E-state index contributed by atoms with van der Waals surface area (Å²) in [4.78, 5) is 0. The molecule has 1 atom stereocenters. The minimum absolute atomic E-state index is 0.470. The zero-order valence-electron chi connectivity index (χ0n) is 7.17. The Kier molecular flexibility index (Phi) is 4.96. The fraction of sp³-hybridized carbons (Fsp3) is 0.333. The standard InChI is InChI=1S/C3H4F3N2O5PS2/c1-2-3-13-14(4,7-15(5,9)10)8-16(6,11)12/h1,7H,3H2. The van der Waals surface area contributed by atoms with Gasteiger partial charge in [0, 0.05) is 0 Å². The third-order valence-corrected chi connectivity index (χ3v) is 4.61. The molecule has 0 radical (unpaired) electrons. The predicted octanol–water partition coefficient (Wildman–Crippen LogP) is 0.570. The van der Waals surface area contributed by atoms with Crippen LogP contribution < -0.4 is 4.49 Å². The first-order chi connectivity index (χ1) is 6.97. The maximum absolute atomic E-state index is 13.2. The van der Waals surface area contributed by atoms with E-state index in [9.17, 15) is 28.8 Å². The van der Waals surface area contributed by atoms with E-state index in [1.807, 2.05) is 0 Å². The van der Waals surface area contributed by atoms with Crippen LogP contribution in [0.3, 0.4) is 0 Å². The smallest absolute Gasteiger partial charge is 0.295 e. The lowest BCUT2D eigenvalue weighted by Crippen LogP contribution is -2.16. The van der Waals surface area contributed by atoms with E-state index in [1.165, 1.54) is 0 Å². The maximum atomic E-state index is 13.2. The van der Waals surface area contributed by atoms with Gasteiger partial charge in [0.25, 0.3) is 0 Å². The van der Waals surface area contributed by atoms with E-state index in [-0.39, 0.29) is 0 Å². The average molecular weight is 300 g/mol. The fourth-order valence-electron chi connectivity index (χ4n) is 0.449. The summed E-state index contributed by atoms with van der Waals surface area (Å²) in [6.45, 7) is -0.939. The summed E-state index contributed by atoms with van der Waals surface area (Å²) in [6, 6.07) is 0. The molecule has 0 saturated carbocycles. The van der Waals surface area contributed by atoms with Crippen LogP contribution >= 0.6 is 7.74 Å². The average Bonchev–Trinajstić information content (AvgIpc) is 1.93. The minimum atomic E-state index is -5.77. The van der Waals surface area contributed by atoms with Gasteiger partial charge >= 0.3 is 28.6 Å². The van der Waals surface area contributed by atoms with Crippen LogP contribution in [0, 0.1) is 12.3 Å². The molecular weight excluding hydrogens is 296 g/mol. The maximum Gasteiger partial charge on any atom is 0.422 e. The van der Waals surface area contributed by atoms with Gasteiger partial charge < -0.3 is 0 Å². The molecule has 0 amide bonds. The number of rotatable bonds is 5. The summed E-state index contributed by atoms with van der Waals surface area (Å²) in [6.07, 6.45) is 4.58. The van der Waals surface area contributed by atoms with Crippen molar-refractivity contribution >= 4 is 28.6 Å². The number of terminal acetylenes is 1. The van der Waals surface area contributed by atoms with Gasteiger partial charge in [-0.15, -0.1) is 10.9 Å². The number of nitrogens with one attached hydrogen (secondary N) is 1. The number of hydrogen-bond donors (Lipinski definition) is 1. The van der Waals surface area contributed by atoms with Gasteiger partial charge in [-0.05, 0) is 0 Å². The SMILES string of the molecule is C#CCOP(F)(=NS(=O)(=O)F)NS(=O)(=O)F. The van der Waals surface area contributed by atoms with Gasteiger partial charge in [0.05, 0.1) is 0 Å². The summed E-state index contributed by atoms with van der Waals surface area (Å²) in [5.74, 6) is 1.63. The molecule has 0 aliphatic carbocycles. The summed E-state index contributed by atoms with van der Waals surface area (Å²) >= 11 is 0. The van der Waals surface area contributed by atoms with Crippen molar-refractivity contribution in [1.29, 1.82) is 0 Å². The lowest BCUT2D eigenvalue weighted by Gasteiger charge is -2.10. The molecule has 0 aliphatic heterocycles. The van der Waals surface area contributed by atoms with Gasteiger partial charge in [-0.3, -0.25) is 4.52 Å². The van der Waals surface area contributed by atoms with Crippen LogP contribution in [-0.2, 0) is 25.3 Å². The molecule has 0 aromatic rings. The molecule has 0 aliphatic rings. The second-order valence-electron chi connectivity index (χ2n) is 2.00. The van der Waals surface area contributed by atoms with Gasteiger partial charge in [-0.25, -0.2) is 0 Å². The van der Waals surface area contributed by atoms with Crippen molar-refractivity contribution < 1.29 is 33.3 Å². The molecule has 0 aromatic carbocycles. The minimum Gasteiger partial charge on any atom is -0.295 e. The van der Waals surface area contributed by atoms with E-state index >= 15 is 0 Å². The highest BCUT2D eigenvalue weighted by Gasteiger charge is 2.30. The Bertz CT molecular complexity index is 548. The van der Waals surface area contributed by atoms with Crippen LogP contribution in [0.4, 0.5) is 12.0 Å². The molecule has 0 heterocycles. The molecule has 16 heavy (non-hydrogen) atoms. The van der Waals surface area contributed by atoms with E-state index in [1.54, 1.807) is 10.1 Å². The van der Waals surface area contributed by atoms with E-state index < -0.39 is 35.2 Å². The summed E-state index contributed by atoms with van der Waals surface area (Å²) in [7, 11) is -16.9. The molecule has 0 bridgehead atoms. The lowest BCUT2D eigenvalue weighted by molar-refractivity contribution is 0.372. The number of halogens is 3. The Morgan fingerprint density at radius 3 is 2.19 bits per heavy atom. The fourth-order valence-corrected chi connectivity index (χ4v) is 3.61. The quantitative estimate of drug-likeness (QED) is 0.454. The molecule has 1 unspecified atom stereocenters. The van der Waals surface area contributed by atoms with Gasteiger partial charge in [0.15, 0.2) is 0 Å². The predicted molar refractivity (Wildman–Crippen MR) is 48.4 cm³/mol. The lowest BCUT2D eigenvalue weighted by atomic mass is 10.8. The molecule has 0 rings (SSSR count). The summed E-state index contributed by atoms with van der Waals surface area (Å²) in [5.41, 5.74) is 0. The molecule has 0 saturated heterocycles. The van der Waals surface area contributed by atoms with Gasteiger partial charge in [0.1, 0.15) is 6.61 Å². The second-order valence-corrected chi connectivity index (χ2v) is 6.35. The Balaban J connectivity index is 5.39. The highest BCUT2D eigenvalue weighted by atomic mass is 32.3. The molecule has 7 nitrogen and oxygen atoms in total. The van der Waals surface area contributed by atoms with E-state index in [2.05, 4.69) is 10.9 Å². The summed E-state index contributed by atoms with van der Waals surface area (Å²) in [5, 5.41) is 0. The van der Waals surface area contributed by atoms with Crippen molar-refractivity contribution in [3.05, 3.63) is 0 Å². The summed E-state index contributed by atoms with van der Waals surface area (Å²) < 4.78 is 83.2. The zero-order valence-corrected chi connectivity index (χ0v) is 9.70. The van der Waals surface area contributed by atoms with Crippen molar-refractivity contribution in [2.45, 2.75) is 0 Å². The monoisotopic (exact) mass is 300 g/mol. The van der Waals surface area contributed by atoms with Crippen molar-refractivity contribution in [1.82, 2.24) is 4.49 Å². The van der Waals surface area contributed by atoms with Crippen molar-refractivity contribution in [2.75, 3.05) is 6.61 Å². The molecule has 1 N–H and O–H groups in total. The van der Waals surface area contributed by atoms with E-state index in [0.717, 1.165) is 0 Å². The van der Waals surface area contributed by atoms with Crippen LogP contribution in [0.25, 0.3) is 0 Å². The Morgan fingerprint density at radius 1 is 1.38 bits per heavy atom. The Morgan fingerprint density at radius 2 is 1.88 bits per heavy atom. The van der Waals surface area contributed by atoms with Crippen molar-refractivity contribution in [3.63, 3.8) is 0 Å². The van der Waals surface area contributed by atoms with Crippen LogP contribution in [-0.4, -0.2) is 23.4 Å². The number of nitrogens with zero attached hydrogens (tertiary/aromatic N) is 1. The zero-order chi connectivity index (χ0) is 13.0. The Hall–Kier alpha value is -0.600. The van der Waals surface area contributed by atoms with Crippen LogP contribution in [0.5, 0.6) is 0 Å². The van der Waals surface area contributed by atoms with Crippen LogP contribution in [0.1, 0.15) is 0 Å². The molecule has 0 fully saturated rings. The van der Waals surface area contributed by atoms with Crippen LogP contribution in [0.15, 0.2) is 4.15 Å². The topological polar surface area (TPSA) is 102 Å². The first kappa shape index (κ1) is 15.4. The molecule has 0 aromatic heterocycles.